The Morgan fingerprint density at radius 3 is 2.57 bits per heavy atom. The van der Waals surface area contributed by atoms with E-state index in [9.17, 15) is 10.1 Å². The van der Waals surface area contributed by atoms with Gasteiger partial charge in [0.15, 0.2) is 0 Å². The zero-order valence-electron chi connectivity index (χ0n) is 12.7. The number of hydrogen-bond donors (Lipinski definition) is 1. The summed E-state index contributed by atoms with van der Waals surface area (Å²) in [6.07, 6.45) is 0. The van der Waals surface area contributed by atoms with Crippen LogP contribution in [-0.2, 0) is 6.54 Å². The highest BCUT2D eigenvalue weighted by atomic mass is 16.6. The molecule has 1 N–H and O–H groups in total. The third kappa shape index (κ3) is 3.23. The first-order chi connectivity index (χ1) is 11.2. The Labute approximate surface area is 133 Å². The third-order valence-electron chi connectivity index (χ3n) is 3.69. The number of nitro benzene ring substituents is 1. The Morgan fingerprint density at radius 1 is 1.04 bits per heavy atom. The van der Waals surface area contributed by atoms with Gasteiger partial charge >= 0.3 is 0 Å². The number of benzene rings is 3. The van der Waals surface area contributed by atoms with E-state index in [1.165, 1.54) is 17.5 Å². The van der Waals surface area contributed by atoms with Crippen molar-refractivity contribution in [2.24, 2.45) is 0 Å². The van der Waals surface area contributed by atoms with Crippen molar-refractivity contribution in [3.8, 4) is 5.75 Å². The summed E-state index contributed by atoms with van der Waals surface area (Å²) in [5.41, 5.74) is 1.74. The van der Waals surface area contributed by atoms with Crippen molar-refractivity contribution in [1.29, 1.82) is 0 Å². The molecule has 0 aliphatic rings. The molecule has 0 atom stereocenters. The Morgan fingerprint density at radius 2 is 1.83 bits per heavy atom. The van der Waals surface area contributed by atoms with Gasteiger partial charge in [0.2, 0.25) is 0 Å². The van der Waals surface area contributed by atoms with Gasteiger partial charge < -0.3 is 10.1 Å². The highest BCUT2D eigenvalue weighted by molar-refractivity contribution is 5.83. The summed E-state index contributed by atoms with van der Waals surface area (Å²) in [5.74, 6) is 0.580. The van der Waals surface area contributed by atoms with Gasteiger partial charge in [-0.05, 0) is 28.5 Å². The maximum Gasteiger partial charge on any atom is 0.271 e. The first-order valence-corrected chi connectivity index (χ1v) is 7.21. The molecule has 0 saturated carbocycles. The van der Waals surface area contributed by atoms with Crippen LogP contribution in [0.25, 0.3) is 10.8 Å². The van der Waals surface area contributed by atoms with E-state index < -0.39 is 4.92 Å². The van der Waals surface area contributed by atoms with Crippen molar-refractivity contribution in [3.05, 3.63) is 76.3 Å². The molecule has 0 heterocycles. The smallest absolute Gasteiger partial charge is 0.271 e. The van der Waals surface area contributed by atoms with Crippen LogP contribution in [0.2, 0.25) is 0 Å². The molecule has 0 radical (unpaired) electrons. The lowest BCUT2D eigenvalue weighted by molar-refractivity contribution is -0.384. The van der Waals surface area contributed by atoms with Crippen LogP contribution < -0.4 is 10.1 Å². The number of methoxy groups -OCH3 is 1. The predicted molar refractivity (Wildman–Crippen MR) is 90.9 cm³/mol. The van der Waals surface area contributed by atoms with Gasteiger partial charge in [-0.15, -0.1) is 0 Å². The minimum atomic E-state index is -0.416. The Kier molecular flexibility index (Phi) is 4.10. The van der Waals surface area contributed by atoms with Gasteiger partial charge in [0.25, 0.3) is 5.69 Å². The van der Waals surface area contributed by atoms with E-state index in [-0.39, 0.29) is 5.69 Å². The average Bonchev–Trinajstić information content (AvgIpc) is 2.59. The number of rotatable bonds is 5. The number of nitrogens with zero attached hydrogens (tertiary/aromatic N) is 1. The molecule has 0 aliphatic heterocycles. The normalized spacial score (nSPS) is 10.5. The summed E-state index contributed by atoms with van der Waals surface area (Å²) in [5, 5.41) is 16.5. The van der Waals surface area contributed by atoms with Crippen LogP contribution in [0, 0.1) is 10.1 Å². The summed E-state index contributed by atoms with van der Waals surface area (Å²) in [4.78, 5) is 10.5. The van der Waals surface area contributed by atoms with Crippen LogP contribution in [0.4, 0.5) is 11.4 Å². The van der Waals surface area contributed by atoms with Crippen molar-refractivity contribution in [2.75, 3.05) is 12.4 Å². The number of nitrogens with one attached hydrogen (secondary N) is 1. The maximum absolute atomic E-state index is 10.9. The fraction of sp³-hybridized carbons (Fsp3) is 0.111. The van der Waals surface area contributed by atoms with E-state index in [2.05, 4.69) is 29.6 Å². The van der Waals surface area contributed by atoms with Gasteiger partial charge in [0.05, 0.1) is 17.7 Å². The van der Waals surface area contributed by atoms with Gasteiger partial charge in [-0.3, -0.25) is 10.1 Å². The van der Waals surface area contributed by atoms with Crippen LogP contribution in [0.3, 0.4) is 0 Å². The molecule has 0 bridgehead atoms. The molecule has 23 heavy (non-hydrogen) atoms. The van der Waals surface area contributed by atoms with Crippen molar-refractivity contribution < 1.29 is 9.66 Å². The zero-order chi connectivity index (χ0) is 16.2. The highest BCUT2D eigenvalue weighted by Gasteiger charge is 2.11. The Hall–Kier alpha value is -3.08. The molecule has 3 aromatic carbocycles. The SMILES string of the molecule is COc1ccc([N+](=O)[O-])cc1NCc1ccc2ccccc2c1. The third-order valence-corrected chi connectivity index (χ3v) is 3.69. The summed E-state index contributed by atoms with van der Waals surface area (Å²) in [7, 11) is 1.54. The quantitative estimate of drug-likeness (QED) is 0.561. The number of fused-ring (bicyclic) bond motifs is 1. The summed E-state index contributed by atoms with van der Waals surface area (Å²) in [6, 6.07) is 18.9. The minimum absolute atomic E-state index is 0.0341. The van der Waals surface area contributed by atoms with E-state index in [0.717, 1.165) is 10.9 Å². The summed E-state index contributed by atoms with van der Waals surface area (Å²) in [6.45, 7) is 0.558. The monoisotopic (exact) mass is 308 g/mol. The van der Waals surface area contributed by atoms with Gasteiger partial charge in [0, 0.05) is 18.7 Å². The van der Waals surface area contributed by atoms with Gasteiger partial charge in [-0.25, -0.2) is 0 Å². The first kappa shape index (κ1) is 14.8. The van der Waals surface area contributed by atoms with Crippen LogP contribution in [0.1, 0.15) is 5.56 Å². The molecule has 0 amide bonds. The molecule has 5 nitrogen and oxygen atoms in total. The number of anilines is 1. The van der Waals surface area contributed by atoms with Crippen molar-refractivity contribution in [1.82, 2.24) is 0 Å². The second-order valence-corrected chi connectivity index (χ2v) is 5.18. The zero-order valence-corrected chi connectivity index (χ0v) is 12.7. The molecule has 5 heteroatoms. The van der Waals surface area contributed by atoms with E-state index >= 15 is 0 Å². The lowest BCUT2D eigenvalue weighted by atomic mass is 10.1. The standard InChI is InChI=1S/C18H16N2O3/c1-23-18-9-8-16(20(21)22)11-17(18)19-12-13-6-7-14-4-2-3-5-15(14)10-13/h2-11,19H,12H2,1H3. The Bertz CT molecular complexity index is 862. The molecule has 3 aromatic rings. The largest absolute Gasteiger partial charge is 0.495 e. The Balaban J connectivity index is 1.83. The molecule has 0 aromatic heterocycles. The fourth-order valence-corrected chi connectivity index (χ4v) is 2.49. The fourth-order valence-electron chi connectivity index (χ4n) is 2.49. The lowest BCUT2D eigenvalue weighted by Crippen LogP contribution is -2.02. The van der Waals surface area contributed by atoms with E-state index in [0.29, 0.717) is 18.0 Å². The highest BCUT2D eigenvalue weighted by Crippen LogP contribution is 2.29. The number of nitro groups is 1. The van der Waals surface area contributed by atoms with Crippen LogP contribution >= 0.6 is 0 Å². The number of non-ortho nitro benzene ring substituents is 1. The summed E-state index contributed by atoms with van der Waals surface area (Å²) >= 11 is 0. The van der Waals surface area contributed by atoms with Crippen molar-refractivity contribution in [2.45, 2.75) is 6.54 Å². The van der Waals surface area contributed by atoms with Gasteiger partial charge in [-0.2, -0.15) is 0 Å². The second-order valence-electron chi connectivity index (χ2n) is 5.18. The first-order valence-electron chi connectivity index (χ1n) is 7.21. The van der Waals surface area contributed by atoms with Crippen LogP contribution in [0.5, 0.6) is 5.75 Å². The molecule has 0 fully saturated rings. The molecular weight excluding hydrogens is 292 g/mol. The van der Waals surface area contributed by atoms with E-state index in [4.69, 9.17) is 4.74 Å². The predicted octanol–water partition coefficient (Wildman–Crippen LogP) is 4.37. The molecule has 0 spiro atoms. The number of ether oxygens (including phenoxy) is 1. The van der Waals surface area contributed by atoms with Gasteiger partial charge in [-0.1, -0.05) is 36.4 Å². The molecule has 0 unspecified atom stereocenters. The molecule has 116 valence electrons. The van der Waals surface area contributed by atoms with Gasteiger partial charge in [0.1, 0.15) is 5.75 Å². The second kappa shape index (κ2) is 6.36. The lowest BCUT2D eigenvalue weighted by Gasteiger charge is -2.11. The molecule has 0 aliphatic carbocycles. The molecule has 3 rings (SSSR count). The average molecular weight is 308 g/mol. The van der Waals surface area contributed by atoms with Crippen LogP contribution in [-0.4, -0.2) is 12.0 Å². The van der Waals surface area contributed by atoms with Crippen LogP contribution in [0.15, 0.2) is 60.7 Å². The minimum Gasteiger partial charge on any atom is -0.495 e. The molecular formula is C18H16N2O3. The molecule has 0 saturated heterocycles. The van der Waals surface area contributed by atoms with Crippen molar-refractivity contribution in [3.63, 3.8) is 0 Å². The topological polar surface area (TPSA) is 64.4 Å². The van der Waals surface area contributed by atoms with E-state index in [1.54, 1.807) is 13.2 Å². The maximum atomic E-state index is 10.9. The summed E-state index contributed by atoms with van der Waals surface area (Å²) < 4.78 is 5.25. The van der Waals surface area contributed by atoms with Crippen molar-refractivity contribution >= 4 is 22.1 Å². The number of hydrogen-bond acceptors (Lipinski definition) is 4. The van der Waals surface area contributed by atoms with E-state index in [1.807, 2.05) is 18.2 Å².